The number of nitrogens with zero attached hydrogens (tertiary/aromatic N) is 5. The van der Waals surface area contributed by atoms with Gasteiger partial charge in [0.1, 0.15) is 6.54 Å². The minimum atomic E-state index is -1.05. The molecule has 0 aliphatic heterocycles. The van der Waals surface area contributed by atoms with E-state index in [-0.39, 0.29) is 18.1 Å². The number of hydrogen-bond acceptors (Lipinski definition) is 5. The molecule has 8 nitrogen and oxygen atoms in total. The first-order valence-corrected chi connectivity index (χ1v) is 5.38. The van der Waals surface area contributed by atoms with E-state index in [1.54, 1.807) is 31.6 Å². The molecule has 0 saturated heterocycles. The minimum Gasteiger partial charge on any atom is -0.480 e. The van der Waals surface area contributed by atoms with Crippen molar-refractivity contribution in [3.63, 3.8) is 0 Å². The number of aliphatic carboxylic acids is 1. The Kier molecular flexibility index (Phi) is 3.51. The molecule has 2 aromatic heterocycles. The van der Waals surface area contributed by atoms with Gasteiger partial charge < -0.3 is 10.0 Å². The van der Waals surface area contributed by atoms with Crippen LogP contribution < -0.4 is 4.90 Å². The molecular formula is C11H11N5O3. The average molecular weight is 261 g/mol. The zero-order chi connectivity index (χ0) is 13.8. The molecule has 0 spiro atoms. The Hall–Kier alpha value is -2.77. The summed E-state index contributed by atoms with van der Waals surface area (Å²) in [4.78, 5) is 27.9. The SMILES string of the molecule is CN(C(=O)c1cn(CC(=O)O)nn1)c1cccnc1. The van der Waals surface area contributed by atoms with E-state index in [2.05, 4.69) is 15.3 Å². The molecule has 0 aromatic carbocycles. The second-order valence-electron chi connectivity index (χ2n) is 3.77. The first kappa shape index (κ1) is 12.7. The molecule has 8 heteroatoms. The summed E-state index contributed by atoms with van der Waals surface area (Å²) in [5, 5.41) is 15.8. The van der Waals surface area contributed by atoms with E-state index in [0.29, 0.717) is 5.69 Å². The van der Waals surface area contributed by atoms with Crippen LogP contribution in [-0.4, -0.2) is 44.0 Å². The van der Waals surface area contributed by atoms with Gasteiger partial charge >= 0.3 is 5.97 Å². The van der Waals surface area contributed by atoms with Gasteiger partial charge in [-0.25, -0.2) is 4.68 Å². The number of carboxylic acid groups (broad SMARTS) is 1. The molecule has 1 amide bonds. The number of hydrogen-bond donors (Lipinski definition) is 1. The van der Waals surface area contributed by atoms with Crippen LogP contribution >= 0.6 is 0 Å². The molecule has 0 fully saturated rings. The summed E-state index contributed by atoms with van der Waals surface area (Å²) in [6.07, 6.45) is 4.44. The van der Waals surface area contributed by atoms with Crippen LogP contribution in [0.15, 0.2) is 30.7 Å². The molecular weight excluding hydrogens is 250 g/mol. The van der Waals surface area contributed by atoms with Gasteiger partial charge in [-0.2, -0.15) is 0 Å². The number of pyridine rings is 1. The lowest BCUT2D eigenvalue weighted by Crippen LogP contribution is -2.26. The molecule has 0 bridgehead atoms. The van der Waals surface area contributed by atoms with Gasteiger partial charge in [-0.05, 0) is 12.1 Å². The van der Waals surface area contributed by atoms with Gasteiger partial charge in [0.05, 0.1) is 18.1 Å². The van der Waals surface area contributed by atoms with Crippen LogP contribution in [0, 0.1) is 0 Å². The Morgan fingerprint density at radius 1 is 1.47 bits per heavy atom. The normalized spacial score (nSPS) is 10.2. The van der Waals surface area contributed by atoms with Crippen molar-refractivity contribution < 1.29 is 14.7 Å². The van der Waals surface area contributed by atoms with Gasteiger partial charge in [0, 0.05) is 13.2 Å². The van der Waals surface area contributed by atoms with E-state index < -0.39 is 5.97 Å². The quantitative estimate of drug-likeness (QED) is 0.833. The van der Waals surface area contributed by atoms with Crippen molar-refractivity contribution >= 4 is 17.6 Å². The molecule has 2 aromatic rings. The van der Waals surface area contributed by atoms with Crippen molar-refractivity contribution in [1.29, 1.82) is 0 Å². The second kappa shape index (κ2) is 5.25. The Balaban J connectivity index is 2.15. The molecule has 2 heterocycles. The minimum absolute atomic E-state index is 0.0765. The van der Waals surface area contributed by atoms with Crippen LogP contribution in [-0.2, 0) is 11.3 Å². The molecule has 1 N–H and O–H groups in total. The van der Waals surface area contributed by atoms with Crippen molar-refractivity contribution in [1.82, 2.24) is 20.0 Å². The number of aromatic nitrogens is 4. The number of anilines is 1. The Morgan fingerprint density at radius 3 is 2.89 bits per heavy atom. The van der Waals surface area contributed by atoms with E-state index in [1.165, 1.54) is 11.1 Å². The predicted molar refractivity (Wildman–Crippen MR) is 64.6 cm³/mol. The monoisotopic (exact) mass is 261 g/mol. The Morgan fingerprint density at radius 2 is 2.26 bits per heavy atom. The second-order valence-corrected chi connectivity index (χ2v) is 3.77. The lowest BCUT2D eigenvalue weighted by atomic mass is 10.3. The maximum Gasteiger partial charge on any atom is 0.325 e. The van der Waals surface area contributed by atoms with E-state index >= 15 is 0 Å². The lowest BCUT2D eigenvalue weighted by Gasteiger charge is -2.14. The Bertz CT molecular complexity index is 595. The summed E-state index contributed by atoms with van der Waals surface area (Å²) >= 11 is 0. The van der Waals surface area contributed by atoms with Crippen molar-refractivity contribution in [3.05, 3.63) is 36.4 Å². The van der Waals surface area contributed by atoms with Crippen molar-refractivity contribution in [2.24, 2.45) is 0 Å². The third kappa shape index (κ3) is 2.92. The van der Waals surface area contributed by atoms with Crippen LogP contribution in [0.5, 0.6) is 0 Å². The predicted octanol–water partition coefficient (Wildman–Crippen LogP) is 0.0343. The fraction of sp³-hybridized carbons (Fsp3) is 0.182. The van der Waals surface area contributed by atoms with Crippen LogP contribution in [0.25, 0.3) is 0 Å². The molecule has 2 rings (SSSR count). The lowest BCUT2D eigenvalue weighted by molar-refractivity contribution is -0.137. The summed E-state index contributed by atoms with van der Waals surface area (Å²) in [7, 11) is 1.58. The van der Waals surface area contributed by atoms with Crippen molar-refractivity contribution in [2.45, 2.75) is 6.54 Å². The highest BCUT2D eigenvalue weighted by Gasteiger charge is 2.17. The van der Waals surface area contributed by atoms with Gasteiger partial charge in [-0.3, -0.25) is 14.6 Å². The largest absolute Gasteiger partial charge is 0.480 e. The molecule has 0 unspecified atom stereocenters. The van der Waals surface area contributed by atoms with E-state index in [4.69, 9.17) is 5.11 Å². The molecule has 0 aliphatic rings. The fourth-order valence-electron chi connectivity index (χ4n) is 1.45. The zero-order valence-corrected chi connectivity index (χ0v) is 10.1. The van der Waals surface area contributed by atoms with Crippen LogP contribution in [0.4, 0.5) is 5.69 Å². The summed E-state index contributed by atoms with van der Waals surface area (Å²) < 4.78 is 1.09. The fourth-order valence-corrected chi connectivity index (χ4v) is 1.45. The van der Waals surface area contributed by atoms with Gasteiger partial charge in [-0.1, -0.05) is 5.21 Å². The zero-order valence-electron chi connectivity index (χ0n) is 10.1. The smallest absolute Gasteiger partial charge is 0.325 e. The van der Waals surface area contributed by atoms with E-state index in [9.17, 15) is 9.59 Å². The first-order chi connectivity index (χ1) is 9.08. The van der Waals surface area contributed by atoms with Gasteiger partial charge in [-0.15, -0.1) is 5.10 Å². The van der Waals surface area contributed by atoms with Crippen molar-refractivity contribution in [3.8, 4) is 0 Å². The van der Waals surface area contributed by atoms with E-state index in [0.717, 1.165) is 4.68 Å². The number of carbonyl (C=O) groups excluding carboxylic acids is 1. The highest BCUT2D eigenvalue weighted by atomic mass is 16.4. The molecule has 0 aliphatic carbocycles. The van der Waals surface area contributed by atoms with Crippen molar-refractivity contribution in [2.75, 3.05) is 11.9 Å². The highest BCUT2D eigenvalue weighted by molar-refractivity contribution is 6.04. The van der Waals surface area contributed by atoms with E-state index in [1.807, 2.05) is 0 Å². The standard InChI is InChI=1S/C11H11N5O3/c1-15(8-3-2-4-12-5-8)11(19)9-6-16(14-13-9)7-10(17)18/h2-6H,7H2,1H3,(H,17,18). The summed E-state index contributed by atoms with van der Waals surface area (Å²) in [5.41, 5.74) is 0.688. The summed E-state index contributed by atoms with van der Waals surface area (Å²) in [6.45, 7) is -0.336. The first-order valence-electron chi connectivity index (χ1n) is 5.38. The average Bonchev–Trinajstić information content (AvgIpc) is 2.85. The summed E-state index contributed by atoms with van der Waals surface area (Å²) in [6, 6.07) is 3.44. The van der Waals surface area contributed by atoms with Gasteiger partial charge in [0.2, 0.25) is 0 Å². The van der Waals surface area contributed by atoms with Crippen LogP contribution in [0.3, 0.4) is 0 Å². The molecule has 98 valence electrons. The summed E-state index contributed by atoms with van der Waals surface area (Å²) in [5.74, 6) is -1.44. The molecule has 0 saturated carbocycles. The maximum absolute atomic E-state index is 12.1. The third-order valence-electron chi connectivity index (χ3n) is 2.39. The number of carboxylic acids is 1. The Labute approximate surface area is 108 Å². The maximum atomic E-state index is 12.1. The number of amides is 1. The number of rotatable bonds is 4. The van der Waals surface area contributed by atoms with Crippen LogP contribution in [0.2, 0.25) is 0 Å². The number of carbonyl (C=O) groups is 2. The highest BCUT2D eigenvalue weighted by Crippen LogP contribution is 2.12. The molecule has 19 heavy (non-hydrogen) atoms. The van der Waals surface area contributed by atoms with Gasteiger partial charge in [0.15, 0.2) is 5.69 Å². The molecule has 0 radical (unpaired) electrons. The molecule has 0 atom stereocenters. The topological polar surface area (TPSA) is 101 Å². The van der Waals surface area contributed by atoms with Gasteiger partial charge in [0.25, 0.3) is 5.91 Å². The third-order valence-corrected chi connectivity index (χ3v) is 2.39. The van der Waals surface area contributed by atoms with Crippen LogP contribution in [0.1, 0.15) is 10.5 Å².